The number of ether oxygens (including phenoxy) is 1. The van der Waals surface area contributed by atoms with Crippen molar-refractivity contribution in [3.8, 4) is 0 Å². The molecule has 0 bridgehead atoms. The summed E-state index contributed by atoms with van der Waals surface area (Å²) in [5.74, 6) is 0.840. The molecule has 0 saturated carbocycles. The van der Waals surface area contributed by atoms with Crippen LogP contribution in [-0.2, 0) is 4.74 Å². The van der Waals surface area contributed by atoms with Gasteiger partial charge in [-0.3, -0.25) is 4.90 Å². The first-order valence-electron chi connectivity index (χ1n) is 6.33. The van der Waals surface area contributed by atoms with Gasteiger partial charge in [-0.25, -0.2) is 0 Å². The zero-order valence-electron chi connectivity index (χ0n) is 10.6. The summed E-state index contributed by atoms with van der Waals surface area (Å²) in [5, 5.41) is 0. The Hall–Kier alpha value is -0.0800. The van der Waals surface area contributed by atoms with E-state index in [2.05, 4.69) is 32.6 Å². The molecule has 2 saturated heterocycles. The van der Waals surface area contributed by atoms with Crippen molar-refractivity contribution in [2.45, 2.75) is 52.6 Å². The summed E-state index contributed by atoms with van der Waals surface area (Å²) in [6.07, 6.45) is 2.76. The van der Waals surface area contributed by atoms with Crippen molar-refractivity contribution in [3.05, 3.63) is 0 Å². The predicted molar refractivity (Wildman–Crippen MR) is 63.0 cm³/mol. The van der Waals surface area contributed by atoms with E-state index in [-0.39, 0.29) is 0 Å². The molecule has 0 unspecified atom stereocenters. The first kappa shape index (κ1) is 11.4. The lowest BCUT2D eigenvalue weighted by Gasteiger charge is -2.50. The van der Waals surface area contributed by atoms with Gasteiger partial charge in [-0.05, 0) is 37.6 Å². The summed E-state index contributed by atoms with van der Waals surface area (Å²) >= 11 is 0. The quantitative estimate of drug-likeness (QED) is 0.661. The van der Waals surface area contributed by atoms with Crippen LogP contribution in [-0.4, -0.2) is 36.7 Å². The zero-order chi connectivity index (χ0) is 11.1. The van der Waals surface area contributed by atoms with Gasteiger partial charge in [0.2, 0.25) is 0 Å². The molecular weight excluding hydrogens is 186 g/mol. The molecule has 0 spiro atoms. The van der Waals surface area contributed by atoms with E-state index >= 15 is 0 Å². The Balaban J connectivity index is 2.02. The molecule has 2 rings (SSSR count). The summed E-state index contributed by atoms with van der Waals surface area (Å²) in [6.45, 7) is 12.8. The van der Waals surface area contributed by atoms with Gasteiger partial charge >= 0.3 is 0 Å². The van der Waals surface area contributed by atoms with E-state index in [4.69, 9.17) is 4.74 Å². The van der Waals surface area contributed by atoms with Crippen LogP contribution in [0.1, 0.15) is 40.5 Å². The normalized spacial score (nSPS) is 35.2. The fourth-order valence-electron chi connectivity index (χ4n) is 3.26. The van der Waals surface area contributed by atoms with Gasteiger partial charge in [-0.2, -0.15) is 0 Å². The maximum absolute atomic E-state index is 5.32. The van der Waals surface area contributed by atoms with Crippen LogP contribution in [0.4, 0.5) is 0 Å². The average molecular weight is 211 g/mol. The van der Waals surface area contributed by atoms with Crippen molar-refractivity contribution >= 4 is 0 Å². The Labute approximate surface area is 94.0 Å². The summed E-state index contributed by atoms with van der Waals surface area (Å²) in [4.78, 5) is 2.68. The van der Waals surface area contributed by atoms with Crippen LogP contribution in [0.3, 0.4) is 0 Å². The van der Waals surface area contributed by atoms with Crippen LogP contribution in [0.2, 0.25) is 0 Å². The standard InChI is InChI=1S/C13H25NO/c1-10-12(13(2,3)4)6-5-7-14(10)11-8-15-9-11/h10-12H,5-9H2,1-4H3/t10-,12-/m1/s1. The first-order chi connectivity index (χ1) is 7.00. The highest BCUT2D eigenvalue weighted by atomic mass is 16.5. The van der Waals surface area contributed by atoms with Crippen LogP contribution in [0.5, 0.6) is 0 Å². The molecule has 0 aliphatic carbocycles. The van der Waals surface area contributed by atoms with E-state index in [0.717, 1.165) is 25.2 Å². The van der Waals surface area contributed by atoms with Gasteiger partial charge in [-0.1, -0.05) is 20.8 Å². The molecule has 2 fully saturated rings. The topological polar surface area (TPSA) is 12.5 Å². The summed E-state index contributed by atoms with van der Waals surface area (Å²) in [7, 11) is 0. The highest BCUT2D eigenvalue weighted by Gasteiger charge is 2.39. The van der Waals surface area contributed by atoms with Crippen molar-refractivity contribution in [1.82, 2.24) is 4.90 Å². The van der Waals surface area contributed by atoms with Gasteiger partial charge in [0.05, 0.1) is 19.3 Å². The van der Waals surface area contributed by atoms with E-state index in [1.54, 1.807) is 0 Å². The lowest BCUT2D eigenvalue weighted by molar-refractivity contribution is -0.104. The smallest absolute Gasteiger partial charge is 0.0645 e. The Morgan fingerprint density at radius 3 is 2.33 bits per heavy atom. The number of likely N-dealkylation sites (tertiary alicyclic amines) is 1. The van der Waals surface area contributed by atoms with Crippen molar-refractivity contribution in [2.75, 3.05) is 19.8 Å². The van der Waals surface area contributed by atoms with Crippen LogP contribution >= 0.6 is 0 Å². The minimum absolute atomic E-state index is 0.447. The first-order valence-corrected chi connectivity index (χ1v) is 6.33. The van der Waals surface area contributed by atoms with Gasteiger partial charge in [0.25, 0.3) is 0 Å². The minimum atomic E-state index is 0.447. The van der Waals surface area contributed by atoms with E-state index in [9.17, 15) is 0 Å². The number of nitrogens with zero attached hydrogens (tertiary/aromatic N) is 1. The zero-order valence-corrected chi connectivity index (χ0v) is 10.6. The Morgan fingerprint density at radius 1 is 1.20 bits per heavy atom. The molecule has 2 heteroatoms. The van der Waals surface area contributed by atoms with Crippen LogP contribution in [0, 0.1) is 11.3 Å². The van der Waals surface area contributed by atoms with E-state index < -0.39 is 0 Å². The fourth-order valence-corrected chi connectivity index (χ4v) is 3.26. The van der Waals surface area contributed by atoms with Crippen molar-refractivity contribution in [3.63, 3.8) is 0 Å². The van der Waals surface area contributed by atoms with Gasteiger partial charge in [0.1, 0.15) is 0 Å². The molecule has 0 amide bonds. The van der Waals surface area contributed by atoms with E-state index in [1.807, 2.05) is 0 Å². The molecule has 88 valence electrons. The molecule has 0 aromatic rings. The maximum atomic E-state index is 5.32. The lowest BCUT2D eigenvalue weighted by atomic mass is 9.71. The number of piperidine rings is 1. The minimum Gasteiger partial charge on any atom is -0.378 e. The molecule has 2 nitrogen and oxygen atoms in total. The van der Waals surface area contributed by atoms with Crippen LogP contribution in [0.25, 0.3) is 0 Å². The molecule has 2 aliphatic rings. The van der Waals surface area contributed by atoms with Crippen LogP contribution < -0.4 is 0 Å². The third-order valence-electron chi connectivity index (χ3n) is 4.24. The summed E-state index contributed by atoms with van der Waals surface area (Å²) < 4.78 is 5.32. The van der Waals surface area contributed by atoms with Crippen molar-refractivity contribution in [1.29, 1.82) is 0 Å². The second kappa shape index (κ2) is 4.06. The lowest BCUT2D eigenvalue weighted by Crippen LogP contribution is -2.58. The van der Waals surface area contributed by atoms with Gasteiger partial charge < -0.3 is 4.74 Å². The van der Waals surface area contributed by atoms with Gasteiger partial charge in [0.15, 0.2) is 0 Å². The second-order valence-corrected chi connectivity index (χ2v) is 6.28. The van der Waals surface area contributed by atoms with E-state index in [1.165, 1.54) is 19.4 Å². The van der Waals surface area contributed by atoms with Crippen molar-refractivity contribution in [2.24, 2.45) is 11.3 Å². The average Bonchev–Trinajstić information content (AvgIpc) is 2.03. The Bertz CT molecular complexity index is 217. The fraction of sp³-hybridized carbons (Fsp3) is 1.00. The molecule has 0 radical (unpaired) electrons. The molecule has 2 aliphatic heterocycles. The highest BCUT2D eigenvalue weighted by Crippen LogP contribution is 2.38. The molecular formula is C13H25NO. The predicted octanol–water partition coefficient (Wildman–Crippen LogP) is 2.53. The third kappa shape index (κ3) is 2.21. The van der Waals surface area contributed by atoms with Gasteiger partial charge in [-0.15, -0.1) is 0 Å². The maximum Gasteiger partial charge on any atom is 0.0645 e. The number of hydrogen-bond donors (Lipinski definition) is 0. The molecule has 15 heavy (non-hydrogen) atoms. The Kier molecular flexibility index (Phi) is 3.09. The molecule has 0 aromatic carbocycles. The SMILES string of the molecule is C[C@@H]1[C@H](C(C)(C)C)CCCN1C1COC1. The number of hydrogen-bond acceptors (Lipinski definition) is 2. The van der Waals surface area contributed by atoms with Gasteiger partial charge in [0, 0.05) is 6.04 Å². The number of rotatable bonds is 1. The summed E-state index contributed by atoms with van der Waals surface area (Å²) in [6, 6.07) is 1.44. The van der Waals surface area contributed by atoms with Crippen molar-refractivity contribution < 1.29 is 4.74 Å². The largest absolute Gasteiger partial charge is 0.378 e. The third-order valence-corrected chi connectivity index (χ3v) is 4.24. The Morgan fingerprint density at radius 2 is 1.87 bits per heavy atom. The summed E-state index contributed by atoms with van der Waals surface area (Å²) in [5.41, 5.74) is 0.447. The highest BCUT2D eigenvalue weighted by molar-refractivity contribution is 4.92. The molecule has 2 heterocycles. The van der Waals surface area contributed by atoms with E-state index in [0.29, 0.717) is 11.5 Å². The van der Waals surface area contributed by atoms with Crippen LogP contribution in [0.15, 0.2) is 0 Å². The molecule has 0 N–H and O–H groups in total. The molecule has 0 aromatic heterocycles. The monoisotopic (exact) mass is 211 g/mol. The second-order valence-electron chi connectivity index (χ2n) is 6.28. The molecule has 2 atom stereocenters.